The van der Waals surface area contributed by atoms with E-state index in [9.17, 15) is 5.11 Å². The average molecular weight is 164 g/mol. The van der Waals surface area contributed by atoms with Gasteiger partial charge < -0.3 is 9.84 Å². The molecule has 2 rings (SSSR count). The fourth-order valence-corrected chi connectivity index (χ4v) is 1.46. The zero-order chi connectivity index (χ0) is 8.55. The molecule has 0 radical (unpaired) electrons. The van der Waals surface area contributed by atoms with E-state index in [-0.39, 0.29) is 12.2 Å². The monoisotopic (exact) mass is 164 g/mol. The molecule has 12 heavy (non-hydrogen) atoms. The van der Waals surface area contributed by atoms with Crippen molar-refractivity contribution < 1.29 is 9.84 Å². The topological polar surface area (TPSA) is 29.5 Å². The second-order valence-corrected chi connectivity index (χ2v) is 3.20. The van der Waals surface area contributed by atoms with Crippen LogP contribution in [0.15, 0.2) is 24.3 Å². The molecule has 0 aromatic heterocycles. The molecule has 0 bridgehead atoms. The van der Waals surface area contributed by atoms with Crippen LogP contribution in [0.25, 0.3) is 0 Å². The predicted octanol–water partition coefficient (Wildman–Crippen LogP) is 1.37. The summed E-state index contributed by atoms with van der Waals surface area (Å²) in [6.07, 6.45) is 0.261. The number of aliphatic hydroxyl groups excluding tert-OH is 1. The number of para-hydroxylation sites is 1. The van der Waals surface area contributed by atoms with Crippen LogP contribution in [0.1, 0.15) is 12.5 Å². The third-order valence-corrected chi connectivity index (χ3v) is 2.26. The van der Waals surface area contributed by atoms with Gasteiger partial charge in [-0.2, -0.15) is 0 Å². The first-order valence-corrected chi connectivity index (χ1v) is 4.20. The van der Waals surface area contributed by atoms with Gasteiger partial charge in [-0.3, -0.25) is 0 Å². The highest BCUT2D eigenvalue weighted by Crippen LogP contribution is 2.26. The van der Waals surface area contributed by atoms with Crippen LogP contribution in [0.2, 0.25) is 0 Å². The molecule has 2 atom stereocenters. The van der Waals surface area contributed by atoms with Crippen LogP contribution in [0.3, 0.4) is 0 Å². The molecule has 0 saturated heterocycles. The highest BCUT2D eigenvalue weighted by atomic mass is 16.5. The van der Waals surface area contributed by atoms with E-state index in [2.05, 4.69) is 0 Å². The van der Waals surface area contributed by atoms with E-state index in [1.807, 2.05) is 31.2 Å². The van der Waals surface area contributed by atoms with Crippen LogP contribution in [0.4, 0.5) is 0 Å². The number of ether oxygens (including phenoxy) is 1. The number of benzene rings is 1. The van der Waals surface area contributed by atoms with Crippen LogP contribution in [-0.4, -0.2) is 17.3 Å². The Balaban J connectivity index is 2.34. The minimum absolute atomic E-state index is 0.0834. The minimum Gasteiger partial charge on any atom is -0.488 e. The Hall–Kier alpha value is -1.02. The van der Waals surface area contributed by atoms with E-state index in [4.69, 9.17) is 4.74 Å². The molecule has 2 nitrogen and oxygen atoms in total. The van der Waals surface area contributed by atoms with Crippen LogP contribution in [0, 0.1) is 0 Å². The molecule has 0 fully saturated rings. The average Bonchev–Trinajstić information content (AvgIpc) is 2.07. The van der Waals surface area contributed by atoms with E-state index in [0.717, 1.165) is 11.3 Å². The molecular formula is C10H12O2. The van der Waals surface area contributed by atoms with E-state index in [1.165, 1.54) is 0 Å². The van der Waals surface area contributed by atoms with Gasteiger partial charge in [-0.05, 0) is 18.6 Å². The Bertz CT molecular complexity index is 254. The van der Waals surface area contributed by atoms with Crippen LogP contribution in [0.5, 0.6) is 5.75 Å². The fraction of sp³-hybridized carbons (Fsp3) is 0.400. The summed E-state index contributed by atoms with van der Waals surface area (Å²) in [6, 6.07) is 7.84. The fourth-order valence-electron chi connectivity index (χ4n) is 1.46. The molecule has 1 heterocycles. The first-order valence-electron chi connectivity index (χ1n) is 4.20. The molecule has 1 aliphatic heterocycles. The van der Waals surface area contributed by atoms with Crippen molar-refractivity contribution in [2.75, 3.05) is 0 Å². The quantitative estimate of drug-likeness (QED) is 0.627. The Labute approximate surface area is 71.8 Å². The summed E-state index contributed by atoms with van der Waals surface area (Å²) in [7, 11) is 0. The molecule has 1 aromatic rings. The van der Waals surface area contributed by atoms with Crippen molar-refractivity contribution in [3.63, 3.8) is 0 Å². The zero-order valence-corrected chi connectivity index (χ0v) is 7.03. The van der Waals surface area contributed by atoms with Crippen molar-refractivity contribution in [3.8, 4) is 5.75 Å². The van der Waals surface area contributed by atoms with E-state index < -0.39 is 0 Å². The van der Waals surface area contributed by atoms with Gasteiger partial charge in [0.05, 0.1) is 6.10 Å². The number of aliphatic hydroxyl groups is 1. The SMILES string of the molecule is CC1Oc2ccccc2C[C@@H]1O. The van der Waals surface area contributed by atoms with E-state index in [1.54, 1.807) is 0 Å². The van der Waals surface area contributed by atoms with Gasteiger partial charge in [-0.1, -0.05) is 18.2 Å². The number of fused-ring (bicyclic) bond motifs is 1. The Kier molecular flexibility index (Phi) is 1.77. The Morgan fingerprint density at radius 3 is 3.00 bits per heavy atom. The van der Waals surface area contributed by atoms with Gasteiger partial charge in [-0.15, -0.1) is 0 Å². The normalized spacial score (nSPS) is 27.5. The first-order chi connectivity index (χ1) is 5.77. The molecule has 0 spiro atoms. The summed E-state index contributed by atoms with van der Waals surface area (Å²) >= 11 is 0. The standard InChI is InChI=1S/C10H12O2/c1-7-9(11)6-8-4-2-3-5-10(8)12-7/h2-5,7,9,11H,6H2,1H3/t7?,9-/m0/s1. The van der Waals surface area contributed by atoms with Crippen molar-refractivity contribution in [1.29, 1.82) is 0 Å². The van der Waals surface area contributed by atoms with E-state index in [0.29, 0.717) is 6.42 Å². The second-order valence-electron chi connectivity index (χ2n) is 3.20. The molecule has 0 amide bonds. The van der Waals surface area contributed by atoms with E-state index >= 15 is 0 Å². The van der Waals surface area contributed by atoms with Crippen molar-refractivity contribution in [1.82, 2.24) is 0 Å². The zero-order valence-electron chi connectivity index (χ0n) is 7.03. The van der Waals surface area contributed by atoms with Crippen molar-refractivity contribution in [2.45, 2.75) is 25.6 Å². The largest absolute Gasteiger partial charge is 0.488 e. The number of hydrogen-bond donors (Lipinski definition) is 1. The third kappa shape index (κ3) is 1.18. The van der Waals surface area contributed by atoms with Crippen molar-refractivity contribution >= 4 is 0 Å². The molecule has 1 aromatic carbocycles. The predicted molar refractivity (Wildman–Crippen MR) is 46.2 cm³/mol. The molecule has 0 saturated carbocycles. The third-order valence-electron chi connectivity index (χ3n) is 2.26. The Morgan fingerprint density at radius 2 is 2.17 bits per heavy atom. The maximum atomic E-state index is 9.50. The van der Waals surface area contributed by atoms with Crippen molar-refractivity contribution in [3.05, 3.63) is 29.8 Å². The maximum absolute atomic E-state index is 9.50. The van der Waals surface area contributed by atoms with Crippen LogP contribution in [-0.2, 0) is 6.42 Å². The first kappa shape index (κ1) is 7.62. The van der Waals surface area contributed by atoms with Gasteiger partial charge >= 0.3 is 0 Å². The molecule has 64 valence electrons. The van der Waals surface area contributed by atoms with Gasteiger partial charge in [-0.25, -0.2) is 0 Å². The molecular weight excluding hydrogens is 152 g/mol. The van der Waals surface area contributed by atoms with Gasteiger partial charge in [0, 0.05) is 6.42 Å². The summed E-state index contributed by atoms with van der Waals surface area (Å²) < 4.78 is 5.49. The summed E-state index contributed by atoms with van der Waals surface area (Å²) in [6.45, 7) is 1.89. The number of hydrogen-bond acceptors (Lipinski definition) is 2. The highest BCUT2D eigenvalue weighted by Gasteiger charge is 2.23. The highest BCUT2D eigenvalue weighted by molar-refractivity contribution is 5.35. The molecule has 1 unspecified atom stereocenters. The summed E-state index contributed by atoms with van der Waals surface area (Å²) in [5, 5.41) is 9.50. The van der Waals surface area contributed by atoms with Gasteiger partial charge in [0.2, 0.25) is 0 Å². The summed E-state index contributed by atoms with van der Waals surface area (Å²) in [4.78, 5) is 0. The second kappa shape index (κ2) is 2.79. The maximum Gasteiger partial charge on any atom is 0.123 e. The summed E-state index contributed by atoms with van der Waals surface area (Å²) in [5.41, 5.74) is 1.10. The summed E-state index contributed by atoms with van der Waals surface area (Å²) in [5.74, 6) is 0.912. The van der Waals surface area contributed by atoms with Gasteiger partial charge in [0.15, 0.2) is 0 Å². The van der Waals surface area contributed by atoms with Crippen LogP contribution >= 0.6 is 0 Å². The van der Waals surface area contributed by atoms with Gasteiger partial charge in [0.1, 0.15) is 11.9 Å². The lowest BCUT2D eigenvalue weighted by Gasteiger charge is -2.27. The number of rotatable bonds is 0. The molecule has 2 heteroatoms. The Morgan fingerprint density at radius 1 is 1.42 bits per heavy atom. The van der Waals surface area contributed by atoms with Crippen molar-refractivity contribution in [2.24, 2.45) is 0 Å². The smallest absolute Gasteiger partial charge is 0.123 e. The lowest BCUT2D eigenvalue weighted by atomic mass is 10.0. The van der Waals surface area contributed by atoms with Gasteiger partial charge in [0.25, 0.3) is 0 Å². The minimum atomic E-state index is -0.361. The molecule has 0 aliphatic carbocycles. The lowest BCUT2D eigenvalue weighted by molar-refractivity contribution is 0.0329. The lowest BCUT2D eigenvalue weighted by Crippen LogP contribution is -2.34. The van der Waals surface area contributed by atoms with Crippen LogP contribution < -0.4 is 4.74 Å². The molecule has 1 aliphatic rings. The molecule has 1 N–H and O–H groups in total.